The predicted octanol–water partition coefficient (Wildman–Crippen LogP) is 4.36. The van der Waals surface area contributed by atoms with Crippen molar-refractivity contribution in [1.82, 2.24) is 4.90 Å². The van der Waals surface area contributed by atoms with Gasteiger partial charge in [-0.05, 0) is 43.0 Å². The van der Waals surface area contributed by atoms with E-state index in [-0.39, 0.29) is 5.57 Å². The quantitative estimate of drug-likeness (QED) is 0.261. The van der Waals surface area contributed by atoms with Crippen LogP contribution in [0.3, 0.4) is 0 Å². The maximum Gasteiger partial charge on any atom is 0.354 e. The van der Waals surface area contributed by atoms with Crippen molar-refractivity contribution in [1.29, 1.82) is 5.26 Å². The first-order valence-corrected chi connectivity index (χ1v) is 9.36. The van der Waals surface area contributed by atoms with Crippen LogP contribution in [0.25, 0.3) is 6.08 Å². The van der Waals surface area contributed by atoms with Gasteiger partial charge in [-0.3, -0.25) is 0 Å². The average molecular weight is 376 g/mol. The molecule has 1 aliphatic rings. The lowest BCUT2D eigenvalue weighted by Crippen LogP contribution is -2.34. The Bertz CT molecular complexity index is 894. The Morgan fingerprint density at radius 3 is 2.52 bits per heavy atom. The fourth-order valence-corrected chi connectivity index (χ4v) is 3.30. The smallest absolute Gasteiger partial charge is 0.354 e. The highest BCUT2D eigenvalue weighted by Gasteiger charge is 2.17. The molecule has 4 nitrogen and oxygen atoms in total. The Morgan fingerprint density at radius 1 is 1.07 bits per heavy atom. The minimum atomic E-state index is -0.678. The zero-order chi connectivity index (χ0) is 19.1. The Hall–Kier alpha value is -2.97. The molecule has 0 aliphatic carbocycles. The lowest BCUT2D eigenvalue weighted by molar-refractivity contribution is -0.129. The van der Waals surface area contributed by atoms with Gasteiger partial charge in [0.05, 0.1) is 0 Å². The van der Waals surface area contributed by atoms with Crippen molar-refractivity contribution in [3.8, 4) is 11.8 Å². The molecule has 27 heavy (non-hydrogen) atoms. The van der Waals surface area contributed by atoms with Crippen LogP contribution in [0.2, 0.25) is 0 Å². The molecule has 0 spiro atoms. The number of ether oxygens (including phenoxy) is 1. The average Bonchev–Trinajstić information content (AvgIpc) is 2.73. The minimum Gasteiger partial charge on any atom is -0.422 e. The lowest BCUT2D eigenvalue weighted by Gasteiger charge is -2.29. The number of carbonyl (C=O) groups is 1. The Labute approximate surface area is 164 Å². The number of benzene rings is 2. The van der Waals surface area contributed by atoms with E-state index in [1.54, 1.807) is 18.2 Å². The van der Waals surface area contributed by atoms with Gasteiger partial charge in [-0.2, -0.15) is 5.26 Å². The molecular formula is C22H20N2O2S. The summed E-state index contributed by atoms with van der Waals surface area (Å²) in [5.41, 5.74) is 1.57. The fourth-order valence-electron chi connectivity index (χ4n) is 2.99. The van der Waals surface area contributed by atoms with E-state index in [4.69, 9.17) is 17.0 Å². The van der Waals surface area contributed by atoms with Crippen LogP contribution in [0, 0.1) is 11.3 Å². The predicted molar refractivity (Wildman–Crippen MR) is 109 cm³/mol. The Morgan fingerprint density at radius 2 is 1.81 bits per heavy atom. The van der Waals surface area contributed by atoms with E-state index >= 15 is 0 Å². The number of thiocarbonyl (C=S) groups is 1. The summed E-state index contributed by atoms with van der Waals surface area (Å²) in [7, 11) is 0. The number of rotatable bonds is 4. The van der Waals surface area contributed by atoms with E-state index < -0.39 is 5.97 Å². The van der Waals surface area contributed by atoms with Gasteiger partial charge in [0.2, 0.25) is 0 Å². The highest BCUT2D eigenvalue weighted by Crippen LogP contribution is 2.20. The van der Waals surface area contributed by atoms with Gasteiger partial charge < -0.3 is 9.64 Å². The van der Waals surface area contributed by atoms with Gasteiger partial charge in [-0.25, -0.2) is 4.79 Å². The molecule has 0 saturated carbocycles. The molecule has 0 unspecified atom stereocenters. The second-order valence-electron chi connectivity index (χ2n) is 6.35. The van der Waals surface area contributed by atoms with Gasteiger partial charge >= 0.3 is 5.97 Å². The van der Waals surface area contributed by atoms with Crippen LogP contribution in [0.5, 0.6) is 5.75 Å². The van der Waals surface area contributed by atoms with Crippen LogP contribution >= 0.6 is 12.2 Å². The van der Waals surface area contributed by atoms with Crippen molar-refractivity contribution >= 4 is 29.3 Å². The van der Waals surface area contributed by atoms with Crippen molar-refractivity contribution in [2.45, 2.75) is 19.3 Å². The first kappa shape index (κ1) is 18.8. The highest BCUT2D eigenvalue weighted by molar-refractivity contribution is 7.80. The molecule has 3 rings (SSSR count). The maximum absolute atomic E-state index is 12.4. The maximum atomic E-state index is 12.4. The third-order valence-corrected chi connectivity index (χ3v) is 4.88. The topological polar surface area (TPSA) is 53.3 Å². The number of hydrogen-bond acceptors (Lipinski definition) is 4. The summed E-state index contributed by atoms with van der Waals surface area (Å²) in [6.45, 7) is 1.92. The highest BCUT2D eigenvalue weighted by atomic mass is 32.1. The molecule has 0 atom stereocenters. The van der Waals surface area contributed by atoms with Crippen molar-refractivity contribution in [3.05, 3.63) is 71.3 Å². The van der Waals surface area contributed by atoms with E-state index in [9.17, 15) is 10.1 Å². The van der Waals surface area contributed by atoms with Gasteiger partial charge in [0.25, 0.3) is 0 Å². The van der Waals surface area contributed by atoms with E-state index in [2.05, 4.69) is 4.90 Å². The molecule has 136 valence electrons. The van der Waals surface area contributed by atoms with Gasteiger partial charge in [0.15, 0.2) is 0 Å². The first-order valence-electron chi connectivity index (χ1n) is 8.96. The molecule has 0 bridgehead atoms. The standard InChI is InChI=1S/C22H20N2O2S/c23-16-19(14-17-8-3-1-4-9-17)22(25)26-20-11-7-10-18(15-20)21(27)24-12-5-2-6-13-24/h1,3-4,7-11,14-15H,2,5-6,12-13H2. The summed E-state index contributed by atoms with van der Waals surface area (Å²) in [5, 5.41) is 9.30. The van der Waals surface area contributed by atoms with Crippen LogP contribution in [-0.4, -0.2) is 28.9 Å². The molecule has 0 N–H and O–H groups in total. The molecule has 0 aromatic heterocycles. The lowest BCUT2D eigenvalue weighted by atomic mass is 10.1. The number of piperidine rings is 1. The Balaban J connectivity index is 1.73. The number of esters is 1. The van der Waals surface area contributed by atoms with Crippen LogP contribution in [0.4, 0.5) is 0 Å². The number of hydrogen-bond donors (Lipinski definition) is 0. The number of likely N-dealkylation sites (tertiary alicyclic amines) is 1. The number of nitrogens with zero attached hydrogens (tertiary/aromatic N) is 2. The number of nitriles is 1. The largest absolute Gasteiger partial charge is 0.422 e. The SMILES string of the molecule is N#CC(=Cc1ccccc1)C(=O)Oc1cccc(C(=S)N2CCCCC2)c1. The van der Waals surface area contributed by atoms with Gasteiger partial charge in [0, 0.05) is 18.7 Å². The third-order valence-electron chi connectivity index (χ3n) is 4.39. The van der Waals surface area contributed by atoms with E-state index in [1.165, 1.54) is 12.5 Å². The van der Waals surface area contributed by atoms with Crippen molar-refractivity contribution < 1.29 is 9.53 Å². The van der Waals surface area contributed by atoms with Gasteiger partial charge in [-0.15, -0.1) is 0 Å². The summed E-state index contributed by atoms with van der Waals surface area (Å²) in [6.07, 6.45) is 5.04. The first-order chi connectivity index (χ1) is 13.2. The van der Waals surface area contributed by atoms with Crippen molar-refractivity contribution in [2.24, 2.45) is 0 Å². The van der Waals surface area contributed by atoms with Gasteiger partial charge in [-0.1, -0.05) is 54.7 Å². The second-order valence-corrected chi connectivity index (χ2v) is 6.74. The Kier molecular flexibility index (Phi) is 6.35. The van der Waals surface area contributed by atoms with Crippen LogP contribution in [0.15, 0.2) is 60.2 Å². The summed E-state index contributed by atoms with van der Waals surface area (Å²) in [4.78, 5) is 15.3. The second kappa shape index (κ2) is 9.11. The summed E-state index contributed by atoms with van der Waals surface area (Å²) >= 11 is 5.60. The van der Waals surface area contributed by atoms with Crippen LogP contribution in [0.1, 0.15) is 30.4 Å². The minimum absolute atomic E-state index is 0.0507. The normalized spacial score (nSPS) is 14.3. The van der Waals surface area contributed by atoms with Crippen molar-refractivity contribution in [3.63, 3.8) is 0 Å². The zero-order valence-corrected chi connectivity index (χ0v) is 15.7. The summed E-state index contributed by atoms with van der Waals surface area (Å²) < 4.78 is 5.41. The summed E-state index contributed by atoms with van der Waals surface area (Å²) in [6, 6.07) is 18.3. The monoisotopic (exact) mass is 376 g/mol. The van der Waals surface area contributed by atoms with Crippen molar-refractivity contribution in [2.75, 3.05) is 13.1 Å². The van der Waals surface area contributed by atoms with E-state index in [1.807, 2.05) is 42.5 Å². The molecule has 1 fully saturated rings. The molecule has 2 aromatic carbocycles. The fraction of sp³-hybridized carbons (Fsp3) is 0.227. The zero-order valence-electron chi connectivity index (χ0n) is 14.9. The molecular weight excluding hydrogens is 356 g/mol. The summed E-state index contributed by atoms with van der Waals surface area (Å²) in [5.74, 6) is -0.298. The van der Waals surface area contributed by atoms with Crippen LogP contribution in [-0.2, 0) is 4.79 Å². The van der Waals surface area contributed by atoms with E-state index in [0.717, 1.165) is 42.0 Å². The molecule has 1 aliphatic heterocycles. The van der Waals surface area contributed by atoms with Crippen LogP contribution < -0.4 is 4.74 Å². The van der Waals surface area contributed by atoms with Gasteiger partial charge in [0.1, 0.15) is 22.4 Å². The third kappa shape index (κ3) is 5.02. The molecule has 1 heterocycles. The molecule has 0 radical (unpaired) electrons. The number of carbonyl (C=O) groups excluding carboxylic acids is 1. The molecule has 2 aromatic rings. The molecule has 5 heteroatoms. The molecule has 1 saturated heterocycles. The van der Waals surface area contributed by atoms with E-state index in [0.29, 0.717) is 5.75 Å². The molecule has 0 amide bonds.